The Bertz CT molecular complexity index is 1970. The van der Waals surface area contributed by atoms with Crippen molar-refractivity contribution < 1.29 is 23.8 Å². The molecule has 0 radical (unpaired) electrons. The Morgan fingerprint density at radius 2 is 1.76 bits per heavy atom. The van der Waals surface area contributed by atoms with Crippen LogP contribution in [0.1, 0.15) is 45.6 Å². The van der Waals surface area contributed by atoms with E-state index in [4.69, 9.17) is 24.9 Å². The van der Waals surface area contributed by atoms with Crippen molar-refractivity contribution in [1.82, 2.24) is 29.3 Å². The summed E-state index contributed by atoms with van der Waals surface area (Å²) in [5.74, 6) is 1.44. The maximum atomic E-state index is 13.5. The molecule has 14 nitrogen and oxygen atoms in total. The fourth-order valence-electron chi connectivity index (χ4n) is 6.55. The minimum Gasteiger partial charge on any atom is -0.496 e. The summed E-state index contributed by atoms with van der Waals surface area (Å²) >= 11 is 0. The molecule has 2 saturated heterocycles. The van der Waals surface area contributed by atoms with Gasteiger partial charge in [0.2, 0.25) is 11.9 Å². The van der Waals surface area contributed by atoms with Crippen LogP contribution >= 0.6 is 0 Å². The fraction of sp³-hybridized carbons (Fsp3) is 0.429. The van der Waals surface area contributed by atoms with Crippen molar-refractivity contribution in [2.45, 2.75) is 64.6 Å². The standard InChI is InChI=1S/C35H42N8O6/c1-20-26(47-5)17-27(48-6)30(42-14-11-28(36)40-33(42)45)29(20)21-9-10-24-22(15-21)18-37-32(39-24)38-23-16-25(31(44)41-12-7-8-13-41)43(19-23)34(46)49-35(2,3)4/h9-11,14-15,17-18,23,25H,7-8,12-13,16,19H2,1-6H3,(H2,36,40,45)(H,37,38,39). The molecule has 2 aliphatic heterocycles. The normalized spacial score (nSPS) is 17.8. The summed E-state index contributed by atoms with van der Waals surface area (Å²) in [5.41, 5.74) is 7.97. The lowest BCUT2D eigenvalue weighted by Gasteiger charge is -2.29. The minimum atomic E-state index is -0.693. The third kappa shape index (κ3) is 6.80. The summed E-state index contributed by atoms with van der Waals surface area (Å²) in [6.45, 7) is 9.01. The molecular weight excluding hydrogens is 628 g/mol. The second-order valence-electron chi connectivity index (χ2n) is 13.4. The predicted octanol–water partition coefficient (Wildman–Crippen LogP) is 4.16. The summed E-state index contributed by atoms with van der Waals surface area (Å²) in [7, 11) is 3.10. The van der Waals surface area contributed by atoms with Crippen molar-refractivity contribution in [3.8, 4) is 28.3 Å². The van der Waals surface area contributed by atoms with Crippen LogP contribution in [0.3, 0.4) is 0 Å². The first-order chi connectivity index (χ1) is 23.4. The Morgan fingerprint density at radius 1 is 1.02 bits per heavy atom. The zero-order valence-corrected chi connectivity index (χ0v) is 28.6. The van der Waals surface area contributed by atoms with Crippen LogP contribution in [0.15, 0.2) is 47.5 Å². The van der Waals surface area contributed by atoms with E-state index < -0.39 is 23.4 Å². The first-order valence-corrected chi connectivity index (χ1v) is 16.3. The molecule has 258 valence electrons. The second kappa shape index (κ2) is 13.2. The summed E-state index contributed by atoms with van der Waals surface area (Å²) < 4.78 is 18.4. The molecule has 0 spiro atoms. The molecule has 14 heteroatoms. The summed E-state index contributed by atoms with van der Waals surface area (Å²) in [6, 6.07) is 8.10. The minimum absolute atomic E-state index is 0.0551. The first-order valence-electron chi connectivity index (χ1n) is 16.3. The number of carbonyl (C=O) groups is 2. The molecule has 3 N–H and O–H groups in total. The van der Waals surface area contributed by atoms with Gasteiger partial charge in [0.25, 0.3) is 0 Å². The molecule has 0 bridgehead atoms. The SMILES string of the molecule is COc1cc(OC)c(-n2ccc(N)nc2=O)c(-c2ccc3nc(NC4CC(C(=O)N5CCCC5)N(C(=O)OC(C)(C)C)C4)ncc3c2)c1C. The second-order valence-corrected chi connectivity index (χ2v) is 13.4. The number of nitrogens with one attached hydrogen (secondary N) is 1. The van der Waals surface area contributed by atoms with E-state index in [1.165, 1.54) is 16.6 Å². The van der Waals surface area contributed by atoms with E-state index in [-0.39, 0.29) is 24.3 Å². The monoisotopic (exact) mass is 670 g/mol. The maximum absolute atomic E-state index is 13.5. The van der Waals surface area contributed by atoms with Gasteiger partial charge in [-0.2, -0.15) is 4.98 Å². The highest BCUT2D eigenvalue weighted by Crippen LogP contribution is 2.42. The van der Waals surface area contributed by atoms with Gasteiger partial charge in [-0.05, 0) is 70.7 Å². The smallest absolute Gasteiger partial charge is 0.411 e. The number of carbonyl (C=O) groups excluding carboxylic acids is 2. The van der Waals surface area contributed by atoms with E-state index in [2.05, 4.69) is 15.3 Å². The number of benzene rings is 2. The van der Waals surface area contributed by atoms with E-state index in [1.54, 1.807) is 31.6 Å². The number of amides is 2. The van der Waals surface area contributed by atoms with Crippen LogP contribution in [0.4, 0.5) is 16.6 Å². The topological polar surface area (TPSA) is 167 Å². The number of rotatable bonds is 7. The summed E-state index contributed by atoms with van der Waals surface area (Å²) in [5, 5.41) is 4.10. The molecule has 0 aliphatic carbocycles. The van der Waals surface area contributed by atoms with Crippen LogP contribution < -0.4 is 26.2 Å². The average Bonchev–Trinajstić information content (AvgIpc) is 3.75. The highest BCUT2D eigenvalue weighted by molar-refractivity contribution is 5.90. The van der Waals surface area contributed by atoms with Crippen LogP contribution in [0.5, 0.6) is 11.5 Å². The molecule has 6 rings (SSSR count). The van der Waals surface area contributed by atoms with Gasteiger partial charge in [-0.3, -0.25) is 14.3 Å². The third-order valence-corrected chi connectivity index (χ3v) is 8.82. The molecule has 0 saturated carbocycles. The lowest BCUT2D eigenvalue weighted by Crippen LogP contribution is -2.48. The maximum Gasteiger partial charge on any atom is 0.411 e. The van der Waals surface area contributed by atoms with Gasteiger partial charge in [0.1, 0.15) is 34.6 Å². The number of anilines is 2. The lowest BCUT2D eigenvalue weighted by atomic mass is 9.95. The number of ether oxygens (including phenoxy) is 3. The number of nitrogen functional groups attached to an aromatic ring is 1. The molecule has 2 amide bonds. The third-order valence-electron chi connectivity index (χ3n) is 8.82. The van der Waals surface area contributed by atoms with Crippen LogP contribution in [-0.2, 0) is 9.53 Å². The molecule has 2 aromatic heterocycles. The first kappa shape index (κ1) is 33.5. The Morgan fingerprint density at radius 3 is 2.43 bits per heavy atom. The van der Waals surface area contributed by atoms with Crippen molar-refractivity contribution in [1.29, 1.82) is 0 Å². The van der Waals surface area contributed by atoms with Gasteiger partial charge in [-0.25, -0.2) is 19.6 Å². The average molecular weight is 671 g/mol. The number of methoxy groups -OCH3 is 2. The van der Waals surface area contributed by atoms with Gasteiger partial charge < -0.3 is 30.2 Å². The number of nitrogens with two attached hydrogens (primary N) is 1. The molecular formula is C35H42N8O6. The van der Waals surface area contributed by atoms with Crippen LogP contribution in [0.25, 0.3) is 27.7 Å². The Kier molecular flexibility index (Phi) is 9.06. The fourth-order valence-corrected chi connectivity index (χ4v) is 6.55. The zero-order chi connectivity index (χ0) is 35.0. The number of hydrogen-bond donors (Lipinski definition) is 2. The van der Waals surface area contributed by atoms with Gasteiger partial charge in [-0.15, -0.1) is 0 Å². The van der Waals surface area contributed by atoms with E-state index in [1.807, 2.05) is 50.8 Å². The number of nitrogens with zero attached hydrogens (tertiary/aromatic N) is 6. The van der Waals surface area contributed by atoms with Gasteiger partial charge in [0, 0.05) is 60.6 Å². The highest BCUT2D eigenvalue weighted by Gasteiger charge is 2.43. The van der Waals surface area contributed by atoms with Crippen LogP contribution in [0.2, 0.25) is 0 Å². The molecule has 4 aromatic rings. The van der Waals surface area contributed by atoms with E-state index in [9.17, 15) is 14.4 Å². The Labute approximate surface area is 284 Å². The van der Waals surface area contributed by atoms with Crippen LogP contribution in [0, 0.1) is 6.92 Å². The van der Waals surface area contributed by atoms with Gasteiger partial charge in [-0.1, -0.05) is 6.07 Å². The zero-order valence-electron chi connectivity index (χ0n) is 28.6. The van der Waals surface area contributed by atoms with Gasteiger partial charge >= 0.3 is 11.8 Å². The molecule has 2 aliphatic rings. The molecule has 4 heterocycles. The largest absolute Gasteiger partial charge is 0.496 e. The Balaban J connectivity index is 1.31. The molecule has 2 fully saturated rings. The molecule has 49 heavy (non-hydrogen) atoms. The van der Waals surface area contributed by atoms with Crippen molar-refractivity contribution in [3.63, 3.8) is 0 Å². The van der Waals surface area contributed by atoms with Crippen molar-refractivity contribution in [2.24, 2.45) is 0 Å². The summed E-state index contributed by atoms with van der Waals surface area (Å²) in [6.07, 6.45) is 5.10. The Hall–Kier alpha value is -5.40. The molecule has 2 atom stereocenters. The van der Waals surface area contributed by atoms with Gasteiger partial charge in [0.15, 0.2) is 0 Å². The lowest BCUT2D eigenvalue weighted by molar-refractivity contribution is -0.134. The van der Waals surface area contributed by atoms with Crippen LogP contribution in [-0.4, -0.2) is 92.9 Å². The predicted molar refractivity (Wildman–Crippen MR) is 185 cm³/mol. The summed E-state index contributed by atoms with van der Waals surface area (Å²) in [4.78, 5) is 56.3. The number of likely N-dealkylation sites (tertiary alicyclic amines) is 2. The number of fused-ring (bicyclic) bond motifs is 1. The van der Waals surface area contributed by atoms with Crippen molar-refractivity contribution in [3.05, 3.63) is 58.8 Å². The number of aromatic nitrogens is 4. The van der Waals surface area contributed by atoms with Crippen molar-refractivity contribution in [2.75, 3.05) is 44.9 Å². The molecule has 2 aromatic carbocycles. The van der Waals surface area contributed by atoms with E-state index >= 15 is 0 Å². The quantitative estimate of drug-likeness (QED) is 0.290. The van der Waals surface area contributed by atoms with Crippen molar-refractivity contribution >= 4 is 34.7 Å². The van der Waals surface area contributed by atoms with E-state index in [0.29, 0.717) is 53.7 Å². The van der Waals surface area contributed by atoms with E-state index in [0.717, 1.165) is 29.4 Å². The van der Waals surface area contributed by atoms with Gasteiger partial charge in [0.05, 0.1) is 19.7 Å². The molecule has 2 unspecified atom stereocenters. The number of hydrogen-bond acceptors (Lipinski definition) is 11. The highest BCUT2D eigenvalue weighted by atomic mass is 16.6.